The molecule has 0 atom stereocenters. The van der Waals surface area contributed by atoms with Gasteiger partial charge in [-0.2, -0.15) is 0 Å². The number of quaternary nitrogens is 1. The number of carbonyl (C=O) groups is 3. The minimum atomic E-state index is -1.05. The molecular weight excluding hydrogens is 272 g/mol. The number of aliphatic carboxylic acids is 1. The van der Waals surface area contributed by atoms with Crippen LogP contribution in [0.2, 0.25) is 0 Å². The van der Waals surface area contributed by atoms with E-state index in [0.717, 1.165) is 6.54 Å². The van der Waals surface area contributed by atoms with E-state index < -0.39 is 5.97 Å². The van der Waals surface area contributed by atoms with Crippen molar-refractivity contribution in [2.45, 2.75) is 19.8 Å². The Morgan fingerprint density at radius 3 is 2.33 bits per heavy atom. The summed E-state index contributed by atoms with van der Waals surface area (Å²) in [5, 5.41) is 13.1. The quantitative estimate of drug-likeness (QED) is 0.332. The van der Waals surface area contributed by atoms with E-state index in [9.17, 15) is 19.5 Å². The predicted molar refractivity (Wildman–Crippen MR) is 78.1 cm³/mol. The molecule has 0 spiro atoms. The maximum atomic E-state index is 11.4. The Labute approximate surface area is 125 Å². The zero-order valence-corrected chi connectivity index (χ0v) is 13.0. The maximum Gasteiger partial charge on any atom is 0.244 e. The van der Waals surface area contributed by atoms with Crippen molar-refractivity contribution >= 4 is 17.7 Å². The second-order valence-corrected chi connectivity index (χ2v) is 5.63. The first-order valence-corrected chi connectivity index (χ1v) is 6.81. The molecule has 0 radical (unpaired) electrons. The lowest BCUT2D eigenvalue weighted by molar-refractivity contribution is -0.890. The SMILES string of the molecule is C=C(C)C(=O)C=CC(=O)NCCC[N+](C)(C)CCC(=O)[O-]. The first kappa shape index (κ1) is 19.1. The summed E-state index contributed by atoms with van der Waals surface area (Å²) in [6, 6.07) is 0. The Kier molecular flexibility index (Phi) is 8.23. The van der Waals surface area contributed by atoms with Gasteiger partial charge in [0.2, 0.25) is 5.91 Å². The van der Waals surface area contributed by atoms with Gasteiger partial charge in [0.1, 0.15) is 0 Å². The van der Waals surface area contributed by atoms with Crippen LogP contribution in [-0.4, -0.2) is 55.9 Å². The van der Waals surface area contributed by atoms with Crippen molar-refractivity contribution in [3.8, 4) is 0 Å². The van der Waals surface area contributed by atoms with Gasteiger partial charge in [-0.1, -0.05) is 6.58 Å². The van der Waals surface area contributed by atoms with Gasteiger partial charge in [-0.05, 0) is 18.6 Å². The number of allylic oxidation sites excluding steroid dienone is 2. The van der Waals surface area contributed by atoms with Crippen LogP contribution >= 0.6 is 0 Å². The van der Waals surface area contributed by atoms with E-state index >= 15 is 0 Å². The fourth-order valence-electron chi connectivity index (χ4n) is 1.58. The lowest BCUT2D eigenvalue weighted by atomic mass is 10.2. The highest BCUT2D eigenvalue weighted by Gasteiger charge is 2.14. The van der Waals surface area contributed by atoms with Gasteiger partial charge in [-0.3, -0.25) is 9.59 Å². The summed E-state index contributed by atoms with van der Waals surface area (Å²) in [6.07, 6.45) is 3.11. The van der Waals surface area contributed by atoms with Crippen LogP contribution in [0.3, 0.4) is 0 Å². The Balaban J connectivity index is 3.94. The zero-order chi connectivity index (χ0) is 16.5. The lowest BCUT2D eigenvalue weighted by Gasteiger charge is -2.30. The molecule has 0 aromatic rings. The van der Waals surface area contributed by atoms with Crippen LogP contribution < -0.4 is 10.4 Å². The third kappa shape index (κ3) is 10.5. The number of hydrogen-bond acceptors (Lipinski definition) is 4. The minimum Gasteiger partial charge on any atom is -0.550 e. The molecule has 0 aromatic carbocycles. The molecule has 0 unspecified atom stereocenters. The summed E-state index contributed by atoms with van der Waals surface area (Å²) < 4.78 is 0.549. The third-order valence-corrected chi connectivity index (χ3v) is 2.97. The molecule has 6 nitrogen and oxygen atoms in total. The molecule has 1 amide bonds. The van der Waals surface area contributed by atoms with Crippen LogP contribution in [0.1, 0.15) is 19.8 Å². The van der Waals surface area contributed by atoms with Crippen LogP contribution in [0, 0.1) is 0 Å². The number of amides is 1. The molecular formula is C15H24N2O4. The van der Waals surface area contributed by atoms with E-state index in [2.05, 4.69) is 11.9 Å². The molecule has 0 fully saturated rings. The third-order valence-electron chi connectivity index (χ3n) is 2.97. The van der Waals surface area contributed by atoms with Crippen molar-refractivity contribution in [3.05, 3.63) is 24.3 Å². The van der Waals surface area contributed by atoms with Gasteiger partial charge in [0.25, 0.3) is 0 Å². The summed E-state index contributed by atoms with van der Waals surface area (Å²) in [5.74, 6) is -1.66. The first-order valence-electron chi connectivity index (χ1n) is 6.81. The predicted octanol–water partition coefficient (Wildman–Crippen LogP) is -0.589. The highest BCUT2D eigenvalue weighted by molar-refractivity contribution is 6.06. The van der Waals surface area contributed by atoms with Gasteiger partial charge >= 0.3 is 0 Å². The van der Waals surface area contributed by atoms with Crippen LogP contribution in [0.25, 0.3) is 0 Å². The molecule has 0 aromatic heterocycles. The number of ketones is 1. The largest absolute Gasteiger partial charge is 0.550 e. The number of carboxylic acid groups (broad SMARTS) is 1. The molecule has 0 aliphatic heterocycles. The number of carboxylic acids is 1. The molecule has 0 heterocycles. The maximum absolute atomic E-state index is 11.4. The first-order chi connectivity index (χ1) is 9.64. The van der Waals surface area contributed by atoms with Crippen molar-refractivity contribution in [1.82, 2.24) is 5.32 Å². The van der Waals surface area contributed by atoms with E-state index in [1.54, 1.807) is 6.92 Å². The summed E-state index contributed by atoms with van der Waals surface area (Å²) in [4.78, 5) is 33.1. The normalized spacial score (nSPS) is 11.4. The average Bonchev–Trinajstić information content (AvgIpc) is 2.38. The van der Waals surface area contributed by atoms with Crippen molar-refractivity contribution < 1.29 is 24.0 Å². The summed E-state index contributed by atoms with van der Waals surface area (Å²) in [7, 11) is 3.85. The fraction of sp³-hybridized carbons (Fsp3) is 0.533. The van der Waals surface area contributed by atoms with Gasteiger partial charge < -0.3 is 19.7 Å². The molecule has 6 heteroatoms. The number of hydrogen-bond donors (Lipinski definition) is 1. The Bertz CT molecular complexity index is 439. The summed E-state index contributed by atoms with van der Waals surface area (Å²) in [5.41, 5.74) is 0.381. The van der Waals surface area contributed by atoms with Crippen LogP contribution in [0.5, 0.6) is 0 Å². The molecule has 0 saturated carbocycles. The number of nitrogens with one attached hydrogen (secondary N) is 1. The number of nitrogens with zero attached hydrogens (tertiary/aromatic N) is 1. The van der Waals surface area contributed by atoms with Gasteiger partial charge in [0.15, 0.2) is 5.78 Å². The van der Waals surface area contributed by atoms with Crippen molar-refractivity contribution in [2.24, 2.45) is 0 Å². The van der Waals surface area contributed by atoms with Crippen molar-refractivity contribution in [3.63, 3.8) is 0 Å². The second kappa shape index (κ2) is 9.07. The van der Waals surface area contributed by atoms with E-state index in [1.807, 2.05) is 14.1 Å². The average molecular weight is 296 g/mol. The highest BCUT2D eigenvalue weighted by atomic mass is 16.4. The van der Waals surface area contributed by atoms with Gasteiger partial charge in [0.05, 0.1) is 27.2 Å². The lowest BCUT2D eigenvalue weighted by Crippen LogP contribution is -2.44. The molecule has 0 aliphatic carbocycles. The van der Waals surface area contributed by atoms with E-state index in [4.69, 9.17) is 0 Å². The van der Waals surface area contributed by atoms with E-state index in [0.29, 0.717) is 29.6 Å². The molecule has 0 aliphatic rings. The van der Waals surface area contributed by atoms with Crippen LogP contribution in [-0.2, 0) is 14.4 Å². The van der Waals surface area contributed by atoms with E-state index in [1.165, 1.54) is 12.2 Å². The fourth-order valence-corrected chi connectivity index (χ4v) is 1.58. The second-order valence-electron chi connectivity index (χ2n) is 5.63. The van der Waals surface area contributed by atoms with Gasteiger partial charge in [0, 0.05) is 31.4 Å². The van der Waals surface area contributed by atoms with E-state index in [-0.39, 0.29) is 18.1 Å². The summed E-state index contributed by atoms with van der Waals surface area (Å²) >= 11 is 0. The van der Waals surface area contributed by atoms with Crippen molar-refractivity contribution in [1.29, 1.82) is 0 Å². The number of rotatable bonds is 10. The Morgan fingerprint density at radius 1 is 1.19 bits per heavy atom. The van der Waals surface area contributed by atoms with Gasteiger partial charge in [-0.25, -0.2) is 0 Å². The van der Waals surface area contributed by atoms with Crippen molar-refractivity contribution in [2.75, 3.05) is 33.7 Å². The topological polar surface area (TPSA) is 86.3 Å². The molecule has 0 saturated heterocycles. The molecule has 21 heavy (non-hydrogen) atoms. The van der Waals surface area contributed by atoms with Crippen LogP contribution in [0.15, 0.2) is 24.3 Å². The molecule has 118 valence electrons. The zero-order valence-electron chi connectivity index (χ0n) is 13.0. The number of carbonyl (C=O) groups excluding carboxylic acids is 3. The standard InChI is InChI=1S/C15H24N2O4/c1-12(2)13(18)6-7-14(19)16-9-5-10-17(3,4)11-8-15(20)21/h6-7H,1,5,8-11H2,2-4H3,(H-,16,19,20,21). The Morgan fingerprint density at radius 2 is 1.81 bits per heavy atom. The molecule has 1 N–H and O–H groups in total. The Hall–Kier alpha value is -1.95. The minimum absolute atomic E-state index is 0.0190. The van der Waals surface area contributed by atoms with Gasteiger partial charge in [-0.15, -0.1) is 0 Å². The molecule has 0 rings (SSSR count). The molecule has 0 bridgehead atoms. The highest BCUT2D eigenvalue weighted by Crippen LogP contribution is 2.00. The van der Waals surface area contributed by atoms with Crippen LogP contribution in [0.4, 0.5) is 0 Å². The summed E-state index contributed by atoms with van der Waals surface area (Å²) in [6.45, 7) is 6.76. The smallest absolute Gasteiger partial charge is 0.244 e. The monoisotopic (exact) mass is 296 g/mol.